The second kappa shape index (κ2) is 16.5. The van der Waals surface area contributed by atoms with Gasteiger partial charge >= 0.3 is 6.18 Å². The van der Waals surface area contributed by atoms with Gasteiger partial charge in [0.05, 0.1) is 34.3 Å². The van der Waals surface area contributed by atoms with Gasteiger partial charge in [-0.25, -0.2) is 13.1 Å². The van der Waals surface area contributed by atoms with Gasteiger partial charge in [0.1, 0.15) is 11.6 Å². The summed E-state index contributed by atoms with van der Waals surface area (Å²) >= 11 is 0. The van der Waals surface area contributed by atoms with Crippen molar-refractivity contribution in [3.63, 3.8) is 0 Å². The summed E-state index contributed by atoms with van der Waals surface area (Å²) in [6.45, 7) is 5.80. The minimum absolute atomic E-state index is 0.0297. The van der Waals surface area contributed by atoms with Crippen LogP contribution in [0.1, 0.15) is 81.5 Å². The fourth-order valence-corrected chi connectivity index (χ4v) is 6.59. The van der Waals surface area contributed by atoms with Crippen molar-refractivity contribution in [2.24, 2.45) is 15.9 Å². The predicted molar refractivity (Wildman–Crippen MR) is 171 cm³/mol. The Bertz CT molecular complexity index is 1630. The highest BCUT2D eigenvalue weighted by atomic mass is 32.2. The Morgan fingerprint density at radius 1 is 1.17 bits per heavy atom. The molecule has 2 aromatic rings. The molecule has 1 aliphatic carbocycles. The largest absolute Gasteiger partial charge is 0.493 e. The van der Waals surface area contributed by atoms with Gasteiger partial charge in [-0.3, -0.25) is 14.8 Å². The Labute approximate surface area is 268 Å². The van der Waals surface area contributed by atoms with Crippen molar-refractivity contribution in [1.82, 2.24) is 10.0 Å². The van der Waals surface area contributed by atoms with E-state index in [1.54, 1.807) is 26.1 Å². The van der Waals surface area contributed by atoms with E-state index in [1.165, 1.54) is 43.5 Å². The number of nitriles is 1. The SMILES string of the molecule is CCCC=N/C(C)=C/C(=O)NC(=NC)c1cc(S(=O)(=O)NC2CCC(CCc3ccc(C#N)c(C(F)(F)F)c3)C2)ccc1OCC. The molecular weight excluding hydrogens is 619 g/mol. The minimum Gasteiger partial charge on any atom is -0.493 e. The first-order chi connectivity index (χ1) is 21.8. The van der Waals surface area contributed by atoms with Crippen molar-refractivity contribution in [3.05, 3.63) is 70.4 Å². The van der Waals surface area contributed by atoms with E-state index in [0.717, 1.165) is 25.3 Å². The molecule has 0 spiro atoms. The molecule has 0 radical (unpaired) electrons. The summed E-state index contributed by atoms with van der Waals surface area (Å²) in [6.07, 6.45) is 2.96. The van der Waals surface area contributed by atoms with E-state index in [2.05, 4.69) is 20.0 Å². The zero-order chi connectivity index (χ0) is 33.9. The number of allylic oxidation sites excluding steroid dienone is 1. The lowest BCUT2D eigenvalue weighted by atomic mass is 9.95. The average molecular weight is 660 g/mol. The number of aryl methyl sites for hydroxylation is 1. The van der Waals surface area contributed by atoms with E-state index in [9.17, 15) is 26.4 Å². The van der Waals surface area contributed by atoms with Gasteiger partial charge in [-0.15, -0.1) is 0 Å². The molecule has 0 heterocycles. The summed E-state index contributed by atoms with van der Waals surface area (Å²) in [6, 6.07) is 9.33. The second-order valence-corrected chi connectivity index (χ2v) is 12.8. The van der Waals surface area contributed by atoms with E-state index >= 15 is 0 Å². The Morgan fingerprint density at radius 2 is 1.93 bits per heavy atom. The molecule has 1 aliphatic rings. The van der Waals surface area contributed by atoms with Crippen molar-refractivity contribution in [1.29, 1.82) is 5.26 Å². The van der Waals surface area contributed by atoms with Gasteiger partial charge in [-0.05, 0) is 94.2 Å². The van der Waals surface area contributed by atoms with Gasteiger partial charge in [0.25, 0.3) is 5.91 Å². The number of amides is 1. The fourth-order valence-electron chi connectivity index (χ4n) is 5.29. The number of ether oxygens (including phenoxy) is 1. The highest BCUT2D eigenvalue weighted by Gasteiger charge is 2.34. The summed E-state index contributed by atoms with van der Waals surface area (Å²) in [5.74, 6) is 0.115. The Kier molecular flexibility index (Phi) is 13.1. The molecule has 1 amide bonds. The van der Waals surface area contributed by atoms with Crippen molar-refractivity contribution in [2.75, 3.05) is 13.7 Å². The van der Waals surface area contributed by atoms with Crippen molar-refractivity contribution < 1.29 is 31.1 Å². The summed E-state index contributed by atoms with van der Waals surface area (Å²) in [7, 11) is -2.51. The standard InChI is InChI=1S/C33H40F3N5O4S/c1-5-7-16-39-22(3)17-31(42)40-32(38-4)28-20-27(14-15-30(28)45-6-2)46(43,44)41-26-13-11-23(18-26)8-9-24-10-12-25(21-37)29(19-24)33(34,35)36/h10,12,14-17,19-20,23,26,41H,5-9,11,13,18H2,1-4H3,(H,38,40,42)/b22-17+,39-16?. The topological polar surface area (TPSA) is 133 Å². The molecule has 2 unspecified atom stereocenters. The number of carbonyl (C=O) groups excluding carboxylic acids is 1. The smallest absolute Gasteiger partial charge is 0.417 e. The van der Waals surface area contributed by atoms with Crippen molar-refractivity contribution >= 4 is 28.0 Å². The lowest BCUT2D eigenvalue weighted by molar-refractivity contribution is -0.137. The van der Waals surface area contributed by atoms with Crippen LogP contribution in [0.2, 0.25) is 0 Å². The molecule has 0 aliphatic heterocycles. The monoisotopic (exact) mass is 659 g/mol. The molecule has 0 saturated heterocycles. The third kappa shape index (κ3) is 10.3. The number of hydrogen-bond acceptors (Lipinski definition) is 7. The van der Waals surface area contributed by atoms with Crippen LogP contribution in [0, 0.1) is 17.2 Å². The molecule has 0 aromatic heterocycles. The van der Waals surface area contributed by atoms with Crippen LogP contribution in [0.5, 0.6) is 5.75 Å². The minimum atomic E-state index is -4.62. The van der Waals surface area contributed by atoms with Crippen LogP contribution in [0.4, 0.5) is 13.2 Å². The van der Waals surface area contributed by atoms with Gasteiger partial charge in [0.15, 0.2) is 0 Å². The number of unbranched alkanes of at least 4 members (excludes halogenated alkanes) is 1. The van der Waals surface area contributed by atoms with E-state index in [0.29, 0.717) is 54.9 Å². The highest BCUT2D eigenvalue weighted by Crippen LogP contribution is 2.34. The Morgan fingerprint density at radius 3 is 2.59 bits per heavy atom. The number of sulfonamides is 1. The lowest BCUT2D eigenvalue weighted by Gasteiger charge is -2.17. The molecule has 3 rings (SSSR count). The van der Waals surface area contributed by atoms with E-state index in [4.69, 9.17) is 10.00 Å². The van der Waals surface area contributed by atoms with Crippen LogP contribution in [0.25, 0.3) is 0 Å². The van der Waals surface area contributed by atoms with Gasteiger partial charge < -0.3 is 10.1 Å². The third-order valence-corrected chi connectivity index (χ3v) is 9.07. The Balaban J connectivity index is 1.71. The number of alkyl halides is 3. The number of aliphatic imine (C=N–C) groups is 2. The molecule has 2 atom stereocenters. The maximum absolute atomic E-state index is 13.5. The number of benzene rings is 2. The number of rotatable bonds is 13. The average Bonchev–Trinajstić information content (AvgIpc) is 3.45. The van der Waals surface area contributed by atoms with Gasteiger partial charge in [0, 0.05) is 31.1 Å². The molecule has 1 fully saturated rings. The summed E-state index contributed by atoms with van der Waals surface area (Å²) in [5.41, 5.74) is -0.0787. The molecule has 2 N–H and O–H groups in total. The van der Waals surface area contributed by atoms with Gasteiger partial charge in [-0.2, -0.15) is 18.4 Å². The molecular formula is C33H40F3N5O4S. The first-order valence-electron chi connectivity index (χ1n) is 15.2. The Hall–Kier alpha value is -4.02. The maximum atomic E-state index is 13.5. The van der Waals surface area contributed by atoms with E-state index in [1.807, 2.05) is 6.92 Å². The number of amidine groups is 1. The van der Waals surface area contributed by atoms with Crippen LogP contribution in [-0.4, -0.2) is 46.1 Å². The zero-order valence-corrected chi connectivity index (χ0v) is 27.3. The number of nitrogens with one attached hydrogen (secondary N) is 2. The zero-order valence-electron chi connectivity index (χ0n) is 26.4. The molecule has 1 saturated carbocycles. The highest BCUT2D eigenvalue weighted by molar-refractivity contribution is 7.89. The van der Waals surface area contributed by atoms with E-state index in [-0.39, 0.29) is 22.7 Å². The number of halogens is 3. The van der Waals surface area contributed by atoms with Crippen molar-refractivity contribution in [2.45, 2.75) is 82.8 Å². The lowest BCUT2D eigenvalue weighted by Crippen LogP contribution is -2.34. The van der Waals surface area contributed by atoms with Crippen LogP contribution >= 0.6 is 0 Å². The predicted octanol–water partition coefficient (Wildman–Crippen LogP) is 6.32. The summed E-state index contributed by atoms with van der Waals surface area (Å²) in [5, 5.41) is 11.7. The van der Waals surface area contributed by atoms with Gasteiger partial charge in [-0.1, -0.05) is 19.4 Å². The molecule has 248 valence electrons. The summed E-state index contributed by atoms with van der Waals surface area (Å²) in [4.78, 5) is 21.1. The third-order valence-electron chi connectivity index (χ3n) is 7.55. The maximum Gasteiger partial charge on any atom is 0.417 e. The number of carbonyl (C=O) groups is 1. The van der Waals surface area contributed by atoms with Crippen LogP contribution in [-0.2, 0) is 27.4 Å². The first kappa shape index (κ1) is 36.4. The number of nitrogens with zero attached hydrogens (tertiary/aromatic N) is 3. The van der Waals surface area contributed by atoms with Crippen LogP contribution in [0.15, 0.2) is 63.1 Å². The first-order valence-corrected chi connectivity index (χ1v) is 16.7. The molecule has 0 bridgehead atoms. The molecule has 2 aromatic carbocycles. The van der Waals surface area contributed by atoms with Crippen molar-refractivity contribution in [3.8, 4) is 11.8 Å². The normalized spacial score (nSPS) is 17.7. The number of hydrogen-bond donors (Lipinski definition) is 2. The van der Waals surface area contributed by atoms with Crippen LogP contribution < -0.4 is 14.8 Å². The molecule has 46 heavy (non-hydrogen) atoms. The van der Waals surface area contributed by atoms with E-state index < -0.39 is 33.2 Å². The molecule has 9 nitrogen and oxygen atoms in total. The fraction of sp³-hybridized carbons (Fsp3) is 0.455. The van der Waals surface area contributed by atoms with Gasteiger partial charge in [0.2, 0.25) is 10.0 Å². The molecule has 13 heteroatoms. The quantitative estimate of drug-likeness (QED) is 0.148. The van der Waals surface area contributed by atoms with Crippen LogP contribution in [0.3, 0.4) is 0 Å². The second-order valence-electron chi connectivity index (χ2n) is 11.1. The summed E-state index contributed by atoms with van der Waals surface area (Å²) < 4.78 is 75.4.